The molecule has 1 radical (unpaired) electrons. The van der Waals surface area contributed by atoms with Crippen molar-refractivity contribution in [3.05, 3.63) is 77.4 Å². The summed E-state index contributed by atoms with van der Waals surface area (Å²) in [7, 11) is 0. The fourth-order valence-corrected chi connectivity index (χ4v) is 3.73. The highest BCUT2D eigenvalue weighted by Gasteiger charge is 2.31. The zero-order valence-electron chi connectivity index (χ0n) is 16.4. The van der Waals surface area contributed by atoms with E-state index in [4.69, 9.17) is 5.73 Å². The molecule has 2 amide bonds. The highest BCUT2D eigenvalue weighted by atomic mass is 19.4. The largest absolute Gasteiger partial charge is 0.416 e. The number of alkyl halides is 3. The van der Waals surface area contributed by atoms with Crippen molar-refractivity contribution in [2.75, 3.05) is 5.32 Å². The molecule has 4 aromatic rings. The summed E-state index contributed by atoms with van der Waals surface area (Å²) in [5.74, 6) is -0.907. The van der Waals surface area contributed by atoms with E-state index in [1.807, 2.05) is 0 Å². The number of halogens is 3. The number of amides is 2. The molecule has 0 atom stereocenters. The van der Waals surface area contributed by atoms with Gasteiger partial charge in [-0.25, -0.2) is 0 Å². The zero-order chi connectivity index (χ0) is 22.3. The third-order valence-corrected chi connectivity index (χ3v) is 4.98. The first-order valence-corrected chi connectivity index (χ1v) is 9.35. The Morgan fingerprint density at radius 3 is 2.52 bits per heavy atom. The molecule has 1 heterocycles. The van der Waals surface area contributed by atoms with Gasteiger partial charge in [-0.3, -0.25) is 9.59 Å². The van der Waals surface area contributed by atoms with E-state index < -0.39 is 17.6 Å². The molecule has 3 N–H and O–H groups in total. The van der Waals surface area contributed by atoms with Gasteiger partial charge in [0.15, 0.2) is 0 Å². The highest BCUT2D eigenvalue weighted by Crippen LogP contribution is 2.36. The van der Waals surface area contributed by atoms with E-state index in [2.05, 4.69) is 11.4 Å². The number of primary amides is 1. The summed E-state index contributed by atoms with van der Waals surface area (Å²) in [4.78, 5) is 23.3. The van der Waals surface area contributed by atoms with Crippen molar-refractivity contribution in [2.24, 2.45) is 5.73 Å². The predicted molar refractivity (Wildman–Crippen MR) is 112 cm³/mol. The molecular formula is C23H17F3N3O2. The summed E-state index contributed by atoms with van der Waals surface area (Å²) in [6.07, 6.45) is -4.54. The van der Waals surface area contributed by atoms with Gasteiger partial charge >= 0.3 is 6.18 Å². The first kappa shape index (κ1) is 20.5. The van der Waals surface area contributed by atoms with Crippen LogP contribution in [-0.4, -0.2) is 16.4 Å². The van der Waals surface area contributed by atoms with Crippen molar-refractivity contribution >= 4 is 39.3 Å². The maximum atomic E-state index is 13.4. The molecule has 0 fully saturated rings. The predicted octanol–water partition coefficient (Wildman–Crippen LogP) is 4.72. The molecule has 0 saturated carbocycles. The maximum Gasteiger partial charge on any atom is 0.416 e. The van der Waals surface area contributed by atoms with Crippen molar-refractivity contribution in [1.82, 2.24) is 4.57 Å². The van der Waals surface area contributed by atoms with Gasteiger partial charge in [0.05, 0.1) is 16.6 Å². The summed E-state index contributed by atoms with van der Waals surface area (Å²) in [5.41, 5.74) is 7.07. The van der Waals surface area contributed by atoms with E-state index in [1.165, 1.54) is 13.0 Å². The molecule has 1 aromatic heterocycles. The van der Waals surface area contributed by atoms with E-state index >= 15 is 0 Å². The fourth-order valence-electron chi connectivity index (χ4n) is 3.73. The minimum Gasteiger partial charge on any atom is -0.366 e. The van der Waals surface area contributed by atoms with Crippen LogP contribution in [0.5, 0.6) is 0 Å². The van der Waals surface area contributed by atoms with Gasteiger partial charge in [-0.2, -0.15) is 13.2 Å². The van der Waals surface area contributed by atoms with Crippen molar-refractivity contribution in [3.63, 3.8) is 0 Å². The zero-order valence-corrected chi connectivity index (χ0v) is 16.4. The topological polar surface area (TPSA) is 77.1 Å². The molecule has 0 unspecified atom stereocenters. The lowest BCUT2D eigenvalue weighted by atomic mass is 10.0. The van der Waals surface area contributed by atoms with Gasteiger partial charge in [0.1, 0.15) is 0 Å². The van der Waals surface area contributed by atoms with Crippen LogP contribution in [0.3, 0.4) is 0 Å². The molecule has 4 rings (SSSR count). The average Bonchev–Trinajstić information content (AvgIpc) is 3.00. The molecule has 0 saturated heterocycles. The van der Waals surface area contributed by atoms with Crippen LogP contribution in [0, 0.1) is 6.07 Å². The molecule has 5 nitrogen and oxygen atoms in total. The lowest BCUT2D eigenvalue weighted by molar-refractivity contribution is -0.137. The Labute approximate surface area is 175 Å². The minimum atomic E-state index is -4.54. The van der Waals surface area contributed by atoms with E-state index in [1.54, 1.807) is 41.0 Å². The Bertz CT molecular complexity index is 1340. The van der Waals surface area contributed by atoms with Crippen LogP contribution in [0.15, 0.2) is 54.6 Å². The number of carbonyl (C=O) groups excluding carboxylic acids is 2. The third-order valence-electron chi connectivity index (χ3n) is 4.98. The van der Waals surface area contributed by atoms with Crippen molar-refractivity contribution in [2.45, 2.75) is 19.6 Å². The number of aromatic nitrogens is 1. The number of nitrogens with zero attached hydrogens (tertiary/aromatic N) is 1. The van der Waals surface area contributed by atoms with Crippen LogP contribution in [0.4, 0.5) is 18.9 Å². The first-order chi connectivity index (χ1) is 14.6. The fraction of sp³-hybridized carbons (Fsp3) is 0.130. The number of benzene rings is 3. The van der Waals surface area contributed by atoms with Gasteiger partial charge in [-0.15, -0.1) is 0 Å². The number of hydrogen-bond donors (Lipinski definition) is 2. The third kappa shape index (κ3) is 3.84. The molecule has 0 spiro atoms. The smallest absolute Gasteiger partial charge is 0.366 e. The Balaban J connectivity index is 1.97. The Morgan fingerprint density at radius 1 is 1.10 bits per heavy atom. The number of anilines is 1. The number of carbonyl (C=O) groups is 2. The molecule has 3 aromatic carbocycles. The highest BCUT2D eigenvalue weighted by molar-refractivity contribution is 6.17. The molecular weight excluding hydrogens is 407 g/mol. The molecule has 31 heavy (non-hydrogen) atoms. The van der Waals surface area contributed by atoms with Gasteiger partial charge in [0.25, 0.3) is 0 Å². The molecule has 0 aliphatic heterocycles. The summed E-state index contributed by atoms with van der Waals surface area (Å²) in [5, 5.41) is 3.53. The summed E-state index contributed by atoms with van der Waals surface area (Å²) in [6.45, 7) is 1.60. The molecule has 0 aliphatic carbocycles. The second-order valence-corrected chi connectivity index (χ2v) is 7.18. The minimum absolute atomic E-state index is 0.212. The Morgan fingerprint density at radius 2 is 1.84 bits per heavy atom. The SMILES string of the molecule is CC(=O)Nc1cccc(Cn2c3cc(C(F)(F)F)c[c]c3c3c(C(N)=O)cccc32)c1. The summed E-state index contributed by atoms with van der Waals surface area (Å²) < 4.78 is 41.8. The van der Waals surface area contributed by atoms with Crippen LogP contribution in [0.25, 0.3) is 21.8 Å². The van der Waals surface area contributed by atoms with Gasteiger partial charge < -0.3 is 15.6 Å². The van der Waals surface area contributed by atoms with Crippen molar-refractivity contribution < 1.29 is 22.8 Å². The van der Waals surface area contributed by atoms with Gasteiger partial charge in [0, 0.05) is 35.5 Å². The van der Waals surface area contributed by atoms with Gasteiger partial charge in [-0.05, 0) is 48.0 Å². The molecule has 0 aliphatic rings. The van der Waals surface area contributed by atoms with Crippen LogP contribution in [0.2, 0.25) is 0 Å². The van der Waals surface area contributed by atoms with E-state index in [0.717, 1.165) is 17.7 Å². The normalized spacial score (nSPS) is 11.7. The summed E-state index contributed by atoms with van der Waals surface area (Å²) >= 11 is 0. The second kappa shape index (κ2) is 7.46. The van der Waals surface area contributed by atoms with E-state index in [-0.39, 0.29) is 23.5 Å². The quantitative estimate of drug-likeness (QED) is 0.497. The number of fused-ring (bicyclic) bond motifs is 3. The van der Waals surface area contributed by atoms with Crippen LogP contribution in [0.1, 0.15) is 28.4 Å². The maximum absolute atomic E-state index is 13.4. The summed E-state index contributed by atoms with van der Waals surface area (Å²) in [6, 6.07) is 16.5. The van der Waals surface area contributed by atoms with Gasteiger partial charge in [0.2, 0.25) is 11.8 Å². The Hall–Kier alpha value is -3.81. The second-order valence-electron chi connectivity index (χ2n) is 7.18. The number of rotatable bonds is 4. The number of nitrogens with two attached hydrogens (primary N) is 1. The Kier molecular flexibility index (Phi) is 4.93. The average molecular weight is 424 g/mol. The van der Waals surface area contributed by atoms with Crippen LogP contribution in [-0.2, 0) is 17.5 Å². The van der Waals surface area contributed by atoms with Gasteiger partial charge in [-0.1, -0.05) is 18.2 Å². The van der Waals surface area contributed by atoms with Crippen molar-refractivity contribution in [1.29, 1.82) is 0 Å². The van der Waals surface area contributed by atoms with Crippen LogP contribution >= 0.6 is 0 Å². The molecule has 0 bridgehead atoms. The molecule has 157 valence electrons. The standard InChI is InChI=1S/C23H17F3N3O2/c1-13(30)28-16-5-2-4-14(10-16)12-29-19-7-3-6-18(22(27)31)21(19)17-9-8-15(11-20(17)29)23(24,25)26/h2-8,10-11H,12H2,1H3,(H2,27,31)(H,28,30). The van der Waals surface area contributed by atoms with E-state index in [9.17, 15) is 22.8 Å². The lowest BCUT2D eigenvalue weighted by Gasteiger charge is -2.11. The van der Waals surface area contributed by atoms with E-state index in [0.29, 0.717) is 22.0 Å². The number of hydrogen-bond acceptors (Lipinski definition) is 2. The first-order valence-electron chi connectivity index (χ1n) is 9.35. The van der Waals surface area contributed by atoms with Crippen molar-refractivity contribution in [3.8, 4) is 0 Å². The molecule has 8 heteroatoms. The van der Waals surface area contributed by atoms with Crippen LogP contribution < -0.4 is 11.1 Å². The monoisotopic (exact) mass is 424 g/mol. The number of nitrogens with one attached hydrogen (secondary N) is 1. The lowest BCUT2D eigenvalue weighted by Crippen LogP contribution is -2.11.